The van der Waals surface area contributed by atoms with Crippen LogP contribution in [-0.4, -0.2) is 44.5 Å². The van der Waals surface area contributed by atoms with Crippen LogP contribution >= 0.6 is 0 Å². The molecule has 1 aliphatic heterocycles. The topological polar surface area (TPSA) is 92.7 Å². The van der Waals surface area contributed by atoms with E-state index in [0.717, 1.165) is 26.4 Å². The van der Waals surface area contributed by atoms with Crippen LogP contribution in [-0.2, 0) is 19.6 Å². The number of carboxylic acids is 1. The van der Waals surface area contributed by atoms with Crippen LogP contribution in [0.4, 0.5) is 0 Å². The zero-order valence-corrected chi connectivity index (χ0v) is 10.00. The normalized spacial score (nSPS) is 23.9. The van der Waals surface area contributed by atoms with E-state index in [4.69, 9.17) is 9.84 Å². The first-order valence-electron chi connectivity index (χ1n) is 5.22. The summed E-state index contributed by atoms with van der Waals surface area (Å²) < 4.78 is 30.5. The number of ether oxygens (including phenoxy) is 1. The summed E-state index contributed by atoms with van der Waals surface area (Å²) in [7, 11) is -3.76. The molecule has 0 aliphatic carbocycles. The van der Waals surface area contributed by atoms with Gasteiger partial charge in [-0.25, -0.2) is 13.1 Å². The van der Waals surface area contributed by atoms with Gasteiger partial charge in [0.2, 0.25) is 10.0 Å². The predicted molar refractivity (Wildman–Crippen MR) is 57.6 cm³/mol. The van der Waals surface area contributed by atoms with Crippen molar-refractivity contribution in [3.05, 3.63) is 0 Å². The average molecular weight is 251 g/mol. The largest absolute Gasteiger partial charge is 0.480 e. The zero-order chi connectivity index (χ0) is 12.2. The lowest BCUT2D eigenvalue weighted by Crippen LogP contribution is -2.41. The molecule has 0 aromatic heterocycles. The van der Waals surface area contributed by atoms with Crippen LogP contribution < -0.4 is 4.72 Å². The molecule has 6 nitrogen and oxygen atoms in total. The lowest BCUT2D eigenvalue weighted by molar-refractivity contribution is -0.136. The van der Waals surface area contributed by atoms with E-state index >= 15 is 0 Å². The Hall–Kier alpha value is -0.660. The van der Waals surface area contributed by atoms with E-state index in [1.165, 1.54) is 0 Å². The molecule has 1 aliphatic rings. The Labute approximate surface area is 95.0 Å². The van der Waals surface area contributed by atoms with E-state index in [0.29, 0.717) is 6.61 Å². The molecule has 2 atom stereocenters. The third-order valence-corrected chi connectivity index (χ3v) is 4.34. The Balaban J connectivity index is 2.44. The number of rotatable bonds is 5. The van der Waals surface area contributed by atoms with Gasteiger partial charge in [-0.2, -0.15) is 0 Å². The van der Waals surface area contributed by atoms with Gasteiger partial charge in [0.15, 0.2) is 5.25 Å². The van der Waals surface area contributed by atoms with Crippen molar-refractivity contribution < 1.29 is 23.1 Å². The third kappa shape index (κ3) is 3.73. The molecule has 1 heterocycles. The minimum absolute atomic E-state index is 0.143. The van der Waals surface area contributed by atoms with Crippen LogP contribution in [0, 0.1) is 5.92 Å². The minimum atomic E-state index is -3.76. The summed E-state index contributed by atoms with van der Waals surface area (Å²) in [5.41, 5.74) is 0. The number of hydrogen-bond donors (Lipinski definition) is 2. The Morgan fingerprint density at radius 1 is 1.62 bits per heavy atom. The van der Waals surface area contributed by atoms with Gasteiger partial charge in [-0.05, 0) is 25.7 Å². The second-order valence-corrected chi connectivity index (χ2v) is 6.04. The summed E-state index contributed by atoms with van der Waals surface area (Å²) in [4.78, 5) is 10.6. The number of nitrogens with one attached hydrogen (secondary N) is 1. The Morgan fingerprint density at radius 3 is 2.81 bits per heavy atom. The lowest BCUT2D eigenvalue weighted by atomic mass is 10.0. The van der Waals surface area contributed by atoms with Gasteiger partial charge in [0.1, 0.15) is 0 Å². The fraction of sp³-hybridized carbons (Fsp3) is 0.889. The summed E-state index contributed by atoms with van der Waals surface area (Å²) in [6.07, 6.45) is 1.82. The monoisotopic (exact) mass is 251 g/mol. The minimum Gasteiger partial charge on any atom is -0.480 e. The zero-order valence-electron chi connectivity index (χ0n) is 9.18. The van der Waals surface area contributed by atoms with E-state index in [-0.39, 0.29) is 12.5 Å². The molecule has 0 saturated carbocycles. The van der Waals surface area contributed by atoms with E-state index in [1.807, 2.05) is 0 Å². The van der Waals surface area contributed by atoms with Crippen molar-refractivity contribution in [1.82, 2.24) is 4.72 Å². The molecule has 0 amide bonds. The van der Waals surface area contributed by atoms with Gasteiger partial charge in [0.25, 0.3) is 0 Å². The van der Waals surface area contributed by atoms with Gasteiger partial charge in [-0.3, -0.25) is 4.79 Å². The molecule has 0 aromatic rings. The Kier molecular flexibility index (Phi) is 4.69. The van der Waals surface area contributed by atoms with Crippen LogP contribution in [0.5, 0.6) is 0 Å². The summed E-state index contributed by atoms with van der Waals surface area (Å²) in [6, 6.07) is 0. The van der Waals surface area contributed by atoms with E-state index in [9.17, 15) is 13.2 Å². The van der Waals surface area contributed by atoms with Crippen molar-refractivity contribution in [2.45, 2.75) is 25.0 Å². The number of sulfonamides is 1. The molecule has 0 radical (unpaired) electrons. The van der Waals surface area contributed by atoms with Gasteiger partial charge in [0.05, 0.1) is 6.61 Å². The maximum Gasteiger partial charge on any atom is 0.323 e. The molecule has 0 spiro atoms. The van der Waals surface area contributed by atoms with Crippen LogP contribution in [0.1, 0.15) is 19.8 Å². The van der Waals surface area contributed by atoms with E-state index in [1.54, 1.807) is 0 Å². The van der Waals surface area contributed by atoms with Crippen LogP contribution in [0.15, 0.2) is 0 Å². The van der Waals surface area contributed by atoms with Crippen molar-refractivity contribution in [2.24, 2.45) is 5.92 Å². The number of carbonyl (C=O) groups is 1. The molecule has 1 fully saturated rings. The van der Waals surface area contributed by atoms with Crippen LogP contribution in [0.25, 0.3) is 0 Å². The quantitative estimate of drug-likeness (QED) is 0.706. The molecular formula is C9H17NO5S. The Bertz CT molecular complexity index is 334. The molecule has 1 saturated heterocycles. The highest BCUT2D eigenvalue weighted by molar-refractivity contribution is 7.90. The van der Waals surface area contributed by atoms with Crippen molar-refractivity contribution in [3.8, 4) is 0 Å². The Morgan fingerprint density at radius 2 is 2.31 bits per heavy atom. The second kappa shape index (κ2) is 5.60. The number of carboxylic acid groups (broad SMARTS) is 1. The van der Waals surface area contributed by atoms with Crippen molar-refractivity contribution in [1.29, 1.82) is 0 Å². The fourth-order valence-corrected chi connectivity index (χ4v) is 2.44. The molecule has 2 unspecified atom stereocenters. The van der Waals surface area contributed by atoms with Crippen LogP contribution in [0.2, 0.25) is 0 Å². The molecular weight excluding hydrogens is 234 g/mol. The predicted octanol–water partition coefficient (Wildman–Crippen LogP) is -0.194. The SMILES string of the molecule is CC(C(=O)O)S(=O)(=O)NCC1CCCOC1. The smallest absolute Gasteiger partial charge is 0.323 e. The molecule has 2 N–H and O–H groups in total. The molecule has 1 rings (SSSR count). The average Bonchev–Trinajstić information content (AvgIpc) is 2.27. The highest BCUT2D eigenvalue weighted by Crippen LogP contribution is 2.13. The third-order valence-electron chi connectivity index (χ3n) is 2.64. The number of aliphatic carboxylic acids is 1. The maximum atomic E-state index is 11.5. The maximum absolute atomic E-state index is 11.5. The standard InChI is InChI=1S/C9H17NO5S/c1-7(9(11)12)16(13,14)10-5-8-3-2-4-15-6-8/h7-8,10H,2-6H2,1H3,(H,11,12). The first-order chi connectivity index (χ1) is 7.43. The first kappa shape index (κ1) is 13.4. The van der Waals surface area contributed by atoms with Gasteiger partial charge < -0.3 is 9.84 Å². The first-order valence-corrected chi connectivity index (χ1v) is 6.77. The highest BCUT2D eigenvalue weighted by atomic mass is 32.2. The molecule has 7 heteroatoms. The lowest BCUT2D eigenvalue weighted by Gasteiger charge is -2.22. The van der Waals surface area contributed by atoms with Crippen molar-refractivity contribution in [3.63, 3.8) is 0 Å². The van der Waals surface area contributed by atoms with Gasteiger partial charge in [0, 0.05) is 13.2 Å². The van der Waals surface area contributed by atoms with Gasteiger partial charge in [-0.15, -0.1) is 0 Å². The molecule has 0 aromatic carbocycles. The molecule has 16 heavy (non-hydrogen) atoms. The molecule has 94 valence electrons. The van der Waals surface area contributed by atoms with E-state index in [2.05, 4.69) is 4.72 Å². The summed E-state index contributed by atoms with van der Waals surface area (Å²) in [5.74, 6) is -1.20. The summed E-state index contributed by atoms with van der Waals surface area (Å²) in [5, 5.41) is 7.19. The second-order valence-electron chi connectivity index (χ2n) is 3.96. The molecule has 0 bridgehead atoms. The van der Waals surface area contributed by atoms with Crippen molar-refractivity contribution >= 4 is 16.0 Å². The van der Waals surface area contributed by atoms with E-state index < -0.39 is 21.2 Å². The van der Waals surface area contributed by atoms with Crippen LogP contribution in [0.3, 0.4) is 0 Å². The number of hydrogen-bond acceptors (Lipinski definition) is 4. The highest BCUT2D eigenvalue weighted by Gasteiger charge is 2.28. The van der Waals surface area contributed by atoms with Gasteiger partial charge >= 0.3 is 5.97 Å². The summed E-state index contributed by atoms with van der Waals surface area (Å²) in [6.45, 7) is 2.65. The fourth-order valence-electron chi connectivity index (χ4n) is 1.46. The van der Waals surface area contributed by atoms with Crippen molar-refractivity contribution in [2.75, 3.05) is 19.8 Å². The summed E-state index contributed by atoms with van der Waals surface area (Å²) >= 11 is 0. The van der Waals surface area contributed by atoms with Gasteiger partial charge in [-0.1, -0.05) is 0 Å².